The number of nitrogens with zero attached hydrogens (tertiary/aromatic N) is 2. The molecule has 0 saturated heterocycles. The summed E-state index contributed by atoms with van der Waals surface area (Å²) in [5.41, 5.74) is 4.05. The number of carboxylic acid groups (broad SMARTS) is 1. The molecule has 0 saturated carbocycles. The van der Waals surface area contributed by atoms with Crippen LogP contribution in [-0.4, -0.2) is 33.8 Å². The zero-order valence-corrected chi connectivity index (χ0v) is 16.1. The Morgan fingerprint density at radius 3 is 2.50 bits per heavy atom. The number of hydrogen-bond acceptors (Lipinski definition) is 4. The number of hydrogen-bond donors (Lipinski definition) is 1. The van der Waals surface area contributed by atoms with Crippen molar-refractivity contribution in [3.05, 3.63) is 47.8 Å². The maximum atomic E-state index is 11.0. The van der Waals surface area contributed by atoms with Crippen LogP contribution in [0.2, 0.25) is 0 Å². The number of rotatable bonds is 6. The lowest BCUT2D eigenvalue weighted by molar-refractivity contribution is -0.141. The second-order valence-electron chi connectivity index (χ2n) is 7.15. The molecule has 0 amide bonds. The summed E-state index contributed by atoms with van der Waals surface area (Å²) in [6, 6.07) is 12.2. The molecule has 28 heavy (non-hydrogen) atoms. The number of aromatic nitrogens is 2. The minimum absolute atomic E-state index is 0.336. The first-order chi connectivity index (χ1) is 13.6. The molecule has 1 N–H and O–H groups in total. The van der Waals surface area contributed by atoms with Crippen molar-refractivity contribution in [1.82, 2.24) is 9.55 Å². The molecule has 0 spiro atoms. The van der Waals surface area contributed by atoms with Gasteiger partial charge in [0.2, 0.25) is 0 Å². The number of carbonyl (C=O) groups is 1. The van der Waals surface area contributed by atoms with Gasteiger partial charge in [0.05, 0.1) is 17.0 Å². The molecule has 6 heteroatoms. The second-order valence-corrected chi connectivity index (χ2v) is 7.15. The van der Waals surface area contributed by atoms with Gasteiger partial charge in [0.1, 0.15) is 19.0 Å². The summed E-state index contributed by atoms with van der Waals surface area (Å²) in [4.78, 5) is 15.8. The van der Waals surface area contributed by atoms with Crippen LogP contribution in [0.15, 0.2) is 36.4 Å². The molecule has 146 valence electrons. The van der Waals surface area contributed by atoms with E-state index in [4.69, 9.17) is 19.6 Å². The fraction of sp³-hybridized carbons (Fsp3) is 0.364. The molecule has 0 aliphatic carbocycles. The maximum Gasteiger partial charge on any atom is 0.306 e. The number of carboxylic acids is 1. The van der Waals surface area contributed by atoms with Crippen LogP contribution in [0.1, 0.15) is 31.7 Å². The van der Waals surface area contributed by atoms with Crippen LogP contribution in [0.5, 0.6) is 11.5 Å². The lowest BCUT2D eigenvalue weighted by Crippen LogP contribution is -2.15. The van der Waals surface area contributed by atoms with Crippen LogP contribution >= 0.6 is 0 Å². The highest BCUT2D eigenvalue weighted by molar-refractivity contribution is 5.82. The van der Waals surface area contributed by atoms with Gasteiger partial charge < -0.3 is 14.6 Å². The number of aryl methyl sites for hydroxylation is 2. The molecule has 1 aromatic heterocycles. The van der Waals surface area contributed by atoms with Gasteiger partial charge in [-0.25, -0.2) is 4.98 Å². The van der Waals surface area contributed by atoms with Gasteiger partial charge in [0.15, 0.2) is 11.5 Å². The molecule has 1 aliphatic heterocycles. The minimum atomic E-state index is -0.747. The van der Waals surface area contributed by atoms with Gasteiger partial charge in [-0.05, 0) is 30.5 Å². The molecule has 4 rings (SSSR count). The van der Waals surface area contributed by atoms with Crippen LogP contribution in [0.3, 0.4) is 0 Å². The Bertz CT molecular complexity index is 1010. The molecular weight excluding hydrogens is 356 g/mol. The highest BCUT2D eigenvalue weighted by Crippen LogP contribution is 2.36. The van der Waals surface area contributed by atoms with Gasteiger partial charge in [0.25, 0.3) is 0 Å². The predicted octanol–water partition coefficient (Wildman–Crippen LogP) is 4.01. The third kappa shape index (κ3) is 3.42. The molecule has 2 aromatic carbocycles. The first-order valence-electron chi connectivity index (χ1n) is 9.70. The van der Waals surface area contributed by atoms with Crippen molar-refractivity contribution in [3.8, 4) is 17.2 Å². The Morgan fingerprint density at radius 2 is 1.86 bits per heavy atom. The van der Waals surface area contributed by atoms with E-state index in [1.807, 2.05) is 12.1 Å². The molecule has 0 fully saturated rings. The summed E-state index contributed by atoms with van der Waals surface area (Å²) in [6.07, 6.45) is 2.18. The Balaban J connectivity index is 1.67. The monoisotopic (exact) mass is 380 g/mol. The van der Waals surface area contributed by atoms with Crippen molar-refractivity contribution in [3.63, 3.8) is 0 Å². The molecule has 2 heterocycles. The first-order valence-corrected chi connectivity index (χ1v) is 9.70. The van der Waals surface area contributed by atoms with E-state index in [-0.39, 0.29) is 5.92 Å². The van der Waals surface area contributed by atoms with Gasteiger partial charge >= 0.3 is 5.97 Å². The largest absolute Gasteiger partial charge is 0.486 e. The standard InChI is InChI=1S/C22H24N2O4/c1-3-21-23-17-12-19-20(28-11-10-27-19)13-18(17)24(21)16-8-6-15(7-9-16)5-4-14(2)22(25)26/h6-9,12-14H,3-5,10-11H2,1-2H3,(H,25,26). The van der Waals surface area contributed by atoms with Gasteiger partial charge in [-0.1, -0.05) is 26.0 Å². The average molecular weight is 380 g/mol. The Labute approximate surface area is 163 Å². The van der Waals surface area contributed by atoms with Gasteiger partial charge in [-0.2, -0.15) is 0 Å². The third-order valence-electron chi connectivity index (χ3n) is 5.19. The van der Waals surface area contributed by atoms with Crippen molar-refractivity contribution in [2.24, 2.45) is 5.92 Å². The van der Waals surface area contributed by atoms with E-state index in [0.717, 1.165) is 52.4 Å². The number of aliphatic carboxylic acids is 1. The van der Waals surface area contributed by atoms with E-state index in [1.165, 1.54) is 0 Å². The number of imidazole rings is 1. The van der Waals surface area contributed by atoms with E-state index < -0.39 is 5.97 Å². The fourth-order valence-corrected chi connectivity index (χ4v) is 3.51. The van der Waals surface area contributed by atoms with Crippen molar-refractivity contribution < 1.29 is 19.4 Å². The van der Waals surface area contributed by atoms with Crippen LogP contribution in [0.25, 0.3) is 16.7 Å². The smallest absolute Gasteiger partial charge is 0.306 e. The van der Waals surface area contributed by atoms with Gasteiger partial charge in [0, 0.05) is 24.2 Å². The molecule has 0 bridgehead atoms. The molecule has 1 aliphatic rings. The van der Waals surface area contributed by atoms with Crippen molar-refractivity contribution >= 4 is 17.0 Å². The highest BCUT2D eigenvalue weighted by atomic mass is 16.6. The third-order valence-corrected chi connectivity index (χ3v) is 5.19. The van der Waals surface area contributed by atoms with E-state index in [1.54, 1.807) is 6.92 Å². The lowest BCUT2D eigenvalue weighted by Gasteiger charge is -2.18. The average Bonchev–Trinajstić information content (AvgIpc) is 3.07. The van der Waals surface area contributed by atoms with Crippen LogP contribution in [0, 0.1) is 5.92 Å². The van der Waals surface area contributed by atoms with E-state index in [9.17, 15) is 4.79 Å². The zero-order chi connectivity index (χ0) is 19.7. The SMILES string of the molecule is CCc1nc2cc3c(cc2n1-c1ccc(CCC(C)C(=O)O)cc1)OCCO3. The number of benzene rings is 2. The number of fused-ring (bicyclic) bond motifs is 2. The maximum absolute atomic E-state index is 11.0. The topological polar surface area (TPSA) is 73.6 Å². The summed E-state index contributed by atoms with van der Waals surface area (Å²) in [5, 5.41) is 9.04. The summed E-state index contributed by atoms with van der Waals surface area (Å²) in [5.74, 6) is 1.39. The zero-order valence-electron chi connectivity index (χ0n) is 16.1. The van der Waals surface area contributed by atoms with E-state index in [2.05, 4.69) is 35.8 Å². The fourth-order valence-electron chi connectivity index (χ4n) is 3.51. The highest BCUT2D eigenvalue weighted by Gasteiger charge is 2.18. The van der Waals surface area contributed by atoms with Crippen LogP contribution < -0.4 is 9.47 Å². The van der Waals surface area contributed by atoms with Crippen LogP contribution in [0.4, 0.5) is 0 Å². The normalized spacial score (nSPS) is 14.2. The number of ether oxygens (including phenoxy) is 2. The van der Waals surface area contributed by atoms with Crippen molar-refractivity contribution in [1.29, 1.82) is 0 Å². The quantitative estimate of drug-likeness (QED) is 0.699. The summed E-state index contributed by atoms with van der Waals surface area (Å²) in [6.45, 7) is 4.94. The molecule has 1 unspecified atom stereocenters. The van der Waals surface area contributed by atoms with Crippen molar-refractivity contribution in [2.75, 3.05) is 13.2 Å². The van der Waals surface area contributed by atoms with E-state index >= 15 is 0 Å². The molecule has 3 aromatic rings. The minimum Gasteiger partial charge on any atom is -0.486 e. The predicted molar refractivity (Wildman–Crippen MR) is 107 cm³/mol. The summed E-state index contributed by atoms with van der Waals surface area (Å²) in [7, 11) is 0. The lowest BCUT2D eigenvalue weighted by atomic mass is 10.0. The Morgan fingerprint density at radius 1 is 1.18 bits per heavy atom. The Kier molecular flexibility index (Phi) is 4.94. The second kappa shape index (κ2) is 7.54. The molecule has 1 atom stereocenters. The van der Waals surface area contributed by atoms with E-state index in [0.29, 0.717) is 19.6 Å². The molecular formula is C22H24N2O4. The summed E-state index contributed by atoms with van der Waals surface area (Å²) < 4.78 is 13.6. The van der Waals surface area contributed by atoms with Gasteiger partial charge in [-0.3, -0.25) is 9.36 Å². The van der Waals surface area contributed by atoms with Crippen LogP contribution in [-0.2, 0) is 17.6 Å². The first kappa shape index (κ1) is 18.3. The van der Waals surface area contributed by atoms with Gasteiger partial charge in [-0.15, -0.1) is 0 Å². The molecule has 0 radical (unpaired) electrons. The molecule has 6 nitrogen and oxygen atoms in total. The Hall–Kier alpha value is -3.02. The summed E-state index contributed by atoms with van der Waals surface area (Å²) >= 11 is 0. The van der Waals surface area contributed by atoms with Crippen molar-refractivity contribution in [2.45, 2.75) is 33.1 Å².